The van der Waals surface area contributed by atoms with Gasteiger partial charge in [0, 0.05) is 0 Å². The van der Waals surface area contributed by atoms with E-state index in [0.717, 1.165) is 0 Å². The molecule has 0 N–H and O–H groups in total. The summed E-state index contributed by atoms with van der Waals surface area (Å²) in [5, 5.41) is 0. The van der Waals surface area contributed by atoms with Crippen LogP contribution >= 0.6 is 0 Å². The lowest BCUT2D eigenvalue weighted by molar-refractivity contribution is 0.406. The first-order valence-corrected chi connectivity index (χ1v) is 16.0. The molecule has 0 aromatic heterocycles. The van der Waals surface area contributed by atoms with Crippen LogP contribution in [-0.4, -0.2) is 26.6 Å². The second-order valence-corrected chi connectivity index (χ2v) is 15.5. The molecule has 0 aliphatic heterocycles. The predicted octanol–water partition coefficient (Wildman–Crippen LogP) is 4.81. The molecule has 0 radical (unpaired) electrons. The third kappa shape index (κ3) is 12.1. The van der Waals surface area contributed by atoms with Gasteiger partial charge in [-0.25, -0.2) is 0 Å². The van der Waals surface area contributed by atoms with E-state index in [2.05, 4.69) is 40.0 Å². The second-order valence-electron chi connectivity index (χ2n) is 6.30. The maximum Gasteiger partial charge on any atom is 0.310 e. The van der Waals surface area contributed by atoms with Crippen molar-refractivity contribution in [3.05, 3.63) is 0 Å². The standard InChI is InChI=1S/C14H36O2Si3/c1-7-9-11-13-18(14-12-10-8-2)16-19(5,6)15-17(3)4/h17-18H,7-14H2,1-6H3. The minimum atomic E-state index is -1.83. The van der Waals surface area contributed by atoms with Crippen molar-refractivity contribution < 1.29 is 8.23 Å². The van der Waals surface area contributed by atoms with Gasteiger partial charge in [-0.3, -0.25) is 0 Å². The Morgan fingerprint density at radius 1 is 0.789 bits per heavy atom. The zero-order valence-corrected chi connectivity index (χ0v) is 17.4. The highest BCUT2D eigenvalue weighted by molar-refractivity contribution is 6.78. The van der Waals surface area contributed by atoms with Crippen molar-refractivity contribution in [3.8, 4) is 0 Å². The van der Waals surface area contributed by atoms with Crippen molar-refractivity contribution in [1.29, 1.82) is 0 Å². The Morgan fingerprint density at radius 3 is 1.63 bits per heavy atom. The van der Waals surface area contributed by atoms with E-state index in [1.807, 2.05) is 0 Å². The number of hydrogen-bond donors (Lipinski definition) is 0. The topological polar surface area (TPSA) is 18.5 Å². The Morgan fingerprint density at radius 2 is 1.26 bits per heavy atom. The van der Waals surface area contributed by atoms with Gasteiger partial charge < -0.3 is 8.23 Å². The molecule has 0 saturated heterocycles. The maximum absolute atomic E-state index is 6.53. The molecule has 0 spiro atoms. The van der Waals surface area contributed by atoms with E-state index in [-0.39, 0.29) is 0 Å². The van der Waals surface area contributed by atoms with Gasteiger partial charge in [-0.05, 0) is 38.3 Å². The smallest absolute Gasteiger partial charge is 0.310 e. The largest absolute Gasteiger partial charge is 0.440 e. The number of unbranched alkanes of at least 4 members (excludes halogenated alkanes) is 4. The van der Waals surface area contributed by atoms with Gasteiger partial charge in [0.2, 0.25) is 0 Å². The summed E-state index contributed by atoms with van der Waals surface area (Å²) in [5.41, 5.74) is 0. The summed E-state index contributed by atoms with van der Waals surface area (Å²) in [6.07, 6.45) is 8.08. The molecule has 0 aliphatic rings. The first kappa shape index (κ1) is 19.6. The molecule has 0 aromatic rings. The van der Waals surface area contributed by atoms with Crippen molar-refractivity contribution >= 4 is 26.6 Å². The van der Waals surface area contributed by atoms with Gasteiger partial charge in [0.15, 0.2) is 18.1 Å². The lowest BCUT2D eigenvalue weighted by Crippen LogP contribution is -2.43. The van der Waals surface area contributed by atoms with E-state index in [9.17, 15) is 0 Å². The van der Waals surface area contributed by atoms with Crippen LogP contribution in [0.15, 0.2) is 0 Å². The minimum Gasteiger partial charge on any atom is -0.440 e. The van der Waals surface area contributed by atoms with E-state index in [4.69, 9.17) is 8.23 Å². The minimum absolute atomic E-state index is 0.962. The zero-order valence-electron chi connectivity index (χ0n) is 14.1. The fourth-order valence-electron chi connectivity index (χ4n) is 2.50. The Balaban J connectivity index is 4.20. The van der Waals surface area contributed by atoms with E-state index in [1.54, 1.807) is 0 Å². The summed E-state index contributed by atoms with van der Waals surface area (Å²) < 4.78 is 12.7. The summed E-state index contributed by atoms with van der Waals surface area (Å²) in [4.78, 5) is 0. The van der Waals surface area contributed by atoms with Crippen LogP contribution in [0.2, 0.25) is 38.3 Å². The average Bonchev–Trinajstić information content (AvgIpc) is 2.27. The quantitative estimate of drug-likeness (QED) is 0.379. The summed E-state index contributed by atoms with van der Waals surface area (Å²) in [6, 6.07) is 2.72. The van der Waals surface area contributed by atoms with Gasteiger partial charge in [-0.15, -0.1) is 0 Å². The molecule has 116 valence electrons. The summed E-state index contributed by atoms with van der Waals surface area (Å²) in [7, 11) is -3.81. The van der Waals surface area contributed by atoms with Crippen LogP contribution < -0.4 is 0 Å². The van der Waals surface area contributed by atoms with Crippen LogP contribution in [0.4, 0.5) is 0 Å². The van der Waals surface area contributed by atoms with Gasteiger partial charge in [-0.1, -0.05) is 52.4 Å². The highest BCUT2D eigenvalue weighted by Crippen LogP contribution is 2.19. The van der Waals surface area contributed by atoms with E-state index in [1.165, 1.54) is 50.6 Å². The Labute approximate surface area is 126 Å². The molecule has 0 amide bonds. The van der Waals surface area contributed by atoms with Crippen molar-refractivity contribution in [2.24, 2.45) is 0 Å². The normalized spacial score (nSPS) is 12.6. The molecule has 19 heavy (non-hydrogen) atoms. The van der Waals surface area contributed by atoms with Crippen LogP contribution in [0.25, 0.3) is 0 Å². The molecule has 0 saturated carbocycles. The molecule has 0 rings (SSSR count). The zero-order chi connectivity index (χ0) is 14.7. The third-order valence-corrected chi connectivity index (χ3v) is 13.1. The summed E-state index contributed by atoms with van der Waals surface area (Å²) in [6.45, 7) is 13.6. The predicted molar refractivity (Wildman–Crippen MR) is 94.3 cm³/mol. The molecule has 0 aromatic carbocycles. The molecule has 5 heteroatoms. The highest BCUT2D eigenvalue weighted by atomic mass is 28.5. The average molecular weight is 321 g/mol. The van der Waals surface area contributed by atoms with Crippen LogP contribution in [0, 0.1) is 0 Å². The van der Waals surface area contributed by atoms with Crippen molar-refractivity contribution in [2.45, 2.75) is 90.6 Å². The van der Waals surface area contributed by atoms with E-state index < -0.39 is 26.6 Å². The third-order valence-electron chi connectivity index (χ3n) is 3.23. The Hall–Kier alpha value is 0.571. The summed E-state index contributed by atoms with van der Waals surface area (Å²) >= 11 is 0. The van der Waals surface area contributed by atoms with E-state index >= 15 is 0 Å². The SMILES string of the molecule is CCCCC[SiH](CCCCC)O[Si](C)(C)O[SiH](C)C. The van der Waals surface area contributed by atoms with Gasteiger partial charge in [-0.2, -0.15) is 0 Å². The molecular formula is C14H36O2Si3. The van der Waals surface area contributed by atoms with Gasteiger partial charge >= 0.3 is 8.56 Å². The molecule has 0 bridgehead atoms. The van der Waals surface area contributed by atoms with Crippen LogP contribution in [0.1, 0.15) is 52.4 Å². The first-order chi connectivity index (χ1) is 8.91. The lowest BCUT2D eigenvalue weighted by atomic mass is 10.3. The molecule has 0 aliphatic carbocycles. The van der Waals surface area contributed by atoms with Crippen LogP contribution in [0.5, 0.6) is 0 Å². The molecule has 0 fully saturated rings. The lowest BCUT2D eigenvalue weighted by Gasteiger charge is -2.30. The number of hydrogen-bond acceptors (Lipinski definition) is 2. The van der Waals surface area contributed by atoms with Gasteiger partial charge in [0.1, 0.15) is 0 Å². The maximum atomic E-state index is 6.53. The molecule has 0 unspecified atom stereocenters. The van der Waals surface area contributed by atoms with Crippen molar-refractivity contribution in [2.75, 3.05) is 0 Å². The van der Waals surface area contributed by atoms with Crippen molar-refractivity contribution in [1.82, 2.24) is 0 Å². The Bertz CT molecular complexity index is 201. The fraction of sp³-hybridized carbons (Fsp3) is 1.00. The molecule has 2 nitrogen and oxygen atoms in total. The molecular weight excluding hydrogens is 284 g/mol. The summed E-state index contributed by atoms with van der Waals surface area (Å²) in [5.74, 6) is 0. The number of rotatable bonds is 12. The van der Waals surface area contributed by atoms with Crippen LogP contribution in [-0.2, 0) is 8.23 Å². The van der Waals surface area contributed by atoms with Crippen molar-refractivity contribution in [3.63, 3.8) is 0 Å². The van der Waals surface area contributed by atoms with Crippen LogP contribution in [0.3, 0.4) is 0 Å². The highest BCUT2D eigenvalue weighted by Gasteiger charge is 2.29. The fourth-order valence-corrected chi connectivity index (χ4v) is 13.7. The van der Waals surface area contributed by atoms with Gasteiger partial charge in [0.05, 0.1) is 0 Å². The molecule has 0 heterocycles. The first-order valence-electron chi connectivity index (χ1n) is 8.27. The second kappa shape index (κ2) is 11.3. The molecule has 0 atom stereocenters. The monoisotopic (exact) mass is 320 g/mol. The Kier molecular flexibility index (Phi) is 11.6. The van der Waals surface area contributed by atoms with E-state index in [0.29, 0.717) is 0 Å². The van der Waals surface area contributed by atoms with Gasteiger partial charge in [0.25, 0.3) is 0 Å².